The third kappa shape index (κ3) is 2.03. The van der Waals surface area contributed by atoms with Crippen molar-refractivity contribution in [1.29, 1.82) is 0 Å². The molecule has 1 heterocycles. The van der Waals surface area contributed by atoms with E-state index in [2.05, 4.69) is 5.32 Å². The maximum atomic E-state index is 12.8. The molecule has 1 aliphatic rings. The van der Waals surface area contributed by atoms with E-state index >= 15 is 0 Å². The highest BCUT2D eigenvalue weighted by Gasteiger charge is 2.34. The fourth-order valence-electron chi connectivity index (χ4n) is 2.12. The molecule has 0 bridgehead atoms. The molecule has 5 heteroatoms. The van der Waals surface area contributed by atoms with E-state index in [9.17, 15) is 14.0 Å². The molecule has 0 fully saturated rings. The van der Waals surface area contributed by atoms with Crippen molar-refractivity contribution in [3.8, 4) is 0 Å². The van der Waals surface area contributed by atoms with Crippen LogP contribution < -0.4 is 5.32 Å². The quantitative estimate of drug-likeness (QED) is 0.872. The average molecular weight is 270 g/mol. The van der Waals surface area contributed by atoms with Crippen LogP contribution >= 0.6 is 0 Å². The van der Waals surface area contributed by atoms with Crippen LogP contribution in [-0.4, -0.2) is 23.4 Å². The number of hydrogen-bond acceptors (Lipinski definition) is 3. The Morgan fingerprint density at radius 2 is 1.45 bits per heavy atom. The van der Waals surface area contributed by atoms with Gasteiger partial charge in [-0.3, -0.25) is 14.5 Å². The highest BCUT2D eigenvalue weighted by molar-refractivity contribution is 6.21. The first-order valence-electron chi connectivity index (χ1n) is 6.11. The van der Waals surface area contributed by atoms with Crippen molar-refractivity contribution in [3.63, 3.8) is 0 Å². The maximum absolute atomic E-state index is 12.8. The minimum atomic E-state index is -0.337. The van der Waals surface area contributed by atoms with Gasteiger partial charge >= 0.3 is 0 Å². The van der Waals surface area contributed by atoms with Gasteiger partial charge in [0, 0.05) is 5.69 Å². The fourth-order valence-corrected chi connectivity index (χ4v) is 2.12. The van der Waals surface area contributed by atoms with Crippen LogP contribution in [0.3, 0.4) is 0 Å². The minimum absolute atomic E-state index is 0.0536. The molecule has 100 valence electrons. The monoisotopic (exact) mass is 270 g/mol. The summed E-state index contributed by atoms with van der Waals surface area (Å²) in [5.74, 6) is -0.975. The number of imide groups is 1. The lowest BCUT2D eigenvalue weighted by Gasteiger charge is -2.15. The molecule has 20 heavy (non-hydrogen) atoms. The molecule has 2 amide bonds. The van der Waals surface area contributed by atoms with Gasteiger partial charge in [-0.15, -0.1) is 0 Å². The van der Waals surface area contributed by atoms with Gasteiger partial charge in [0.25, 0.3) is 11.8 Å². The van der Waals surface area contributed by atoms with Crippen molar-refractivity contribution >= 4 is 17.5 Å². The van der Waals surface area contributed by atoms with Gasteiger partial charge in [0.2, 0.25) is 0 Å². The number of carbonyl (C=O) groups excluding carboxylic acids is 2. The van der Waals surface area contributed by atoms with E-state index in [1.165, 1.54) is 12.1 Å². The van der Waals surface area contributed by atoms with Gasteiger partial charge in [0.05, 0.1) is 17.8 Å². The van der Waals surface area contributed by atoms with Crippen LogP contribution in [0.1, 0.15) is 20.7 Å². The van der Waals surface area contributed by atoms with Gasteiger partial charge in [-0.25, -0.2) is 4.39 Å². The average Bonchev–Trinajstić information content (AvgIpc) is 2.71. The number of rotatable bonds is 3. The fraction of sp³-hybridized carbons (Fsp3) is 0.0667. The van der Waals surface area contributed by atoms with E-state index in [1.807, 2.05) is 0 Å². The van der Waals surface area contributed by atoms with Crippen molar-refractivity contribution in [2.24, 2.45) is 0 Å². The standard InChI is InChI=1S/C15H11FN2O2/c16-10-5-7-11(8-6-10)17-9-18-14(19)12-3-1-2-4-13(12)15(18)20/h1-8,17H,9H2. The van der Waals surface area contributed by atoms with E-state index in [1.54, 1.807) is 36.4 Å². The molecule has 2 aromatic carbocycles. The molecule has 1 N–H and O–H groups in total. The van der Waals surface area contributed by atoms with Gasteiger partial charge < -0.3 is 5.32 Å². The number of amides is 2. The van der Waals surface area contributed by atoms with E-state index in [4.69, 9.17) is 0 Å². The summed E-state index contributed by atoms with van der Waals surface area (Å²) < 4.78 is 12.8. The number of hydrogen-bond donors (Lipinski definition) is 1. The molecule has 0 saturated heterocycles. The molecule has 1 aliphatic heterocycles. The Morgan fingerprint density at radius 1 is 0.900 bits per heavy atom. The lowest BCUT2D eigenvalue weighted by molar-refractivity contribution is 0.0666. The van der Waals surface area contributed by atoms with Gasteiger partial charge in [0.15, 0.2) is 0 Å². The smallest absolute Gasteiger partial charge is 0.263 e. The molecular formula is C15H11FN2O2. The Kier molecular flexibility index (Phi) is 2.95. The second-order valence-corrected chi connectivity index (χ2v) is 4.43. The zero-order chi connectivity index (χ0) is 14.1. The summed E-state index contributed by atoms with van der Waals surface area (Å²) in [5.41, 5.74) is 1.47. The van der Waals surface area contributed by atoms with Gasteiger partial charge in [-0.1, -0.05) is 12.1 Å². The molecule has 0 spiro atoms. The van der Waals surface area contributed by atoms with Crippen LogP contribution in [0.25, 0.3) is 0 Å². The van der Waals surface area contributed by atoms with Crippen LogP contribution in [0.2, 0.25) is 0 Å². The third-order valence-electron chi connectivity index (χ3n) is 3.16. The Balaban J connectivity index is 1.75. The van der Waals surface area contributed by atoms with Crippen LogP contribution in [0.15, 0.2) is 48.5 Å². The Morgan fingerprint density at radius 3 is 2.00 bits per heavy atom. The Labute approximate surface area is 114 Å². The topological polar surface area (TPSA) is 49.4 Å². The number of nitrogens with one attached hydrogen (secondary N) is 1. The second-order valence-electron chi connectivity index (χ2n) is 4.43. The highest BCUT2D eigenvalue weighted by atomic mass is 19.1. The molecule has 0 unspecified atom stereocenters. The summed E-state index contributed by atoms with van der Waals surface area (Å²) >= 11 is 0. The largest absolute Gasteiger partial charge is 0.367 e. The minimum Gasteiger partial charge on any atom is -0.367 e. The Hall–Kier alpha value is -2.69. The maximum Gasteiger partial charge on any atom is 0.263 e. The molecular weight excluding hydrogens is 259 g/mol. The zero-order valence-corrected chi connectivity index (χ0v) is 10.5. The summed E-state index contributed by atoms with van der Waals surface area (Å²) in [6, 6.07) is 12.4. The van der Waals surface area contributed by atoms with Crippen LogP contribution in [0, 0.1) is 5.82 Å². The summed E-state index contributed by atoms with van der Waals surface area (Å²) in [7, 11) is 0. The molecule has 2 aromatic rings. The van der Waals surface area contributed by atoms with E-state index in [-0.39, 0.29) is 24.3 Å². The zero-order valence-electron chi connectivity index (χ0n) is 10.5. The lowest BCUT2D eigenvalue weighted by Crippen LogP contribution is -2.34. The predicted octanol–water partition coefficient (Wildman–Crippen LogP) is 2.49. The molecule has 3 rings (SSSR count). The third-order valence-corrected chi connectivity index (χ3v) is 3.16. The predicted molar refractivity (Wildman–Crippen MR) is 71.8 cm³/mol. The first kappa shape index (κ1) is 12.3. The second kappa shape index (κ2) is 4.77. The molecule has 0 aliphatic carbocycles. The summed E-state index contributed by atoms with van der Waals surface area (Å²) in [6.07, 6.45) is 0. The van der Waals surface area contributed by atoms with Crippen molar-refractivity contribution in [2.45, 2.75) is 0 Å². The number of nitrogens with zero attached hydrogens (tertiary/aromatic N) is 1. The van der Waals surface area contributed by atoms with Gasteiger partial charge in [-0.05, 0) is 36.4 Å². The van der Waals surface area contributed by atoms with E-state index in [0.717, 1.165) is 4.90 Å². The summed E-state index contributed by atoms with van der Waals surface area (Å²) in [4.78, 5) is 25.3. The molecule has 0 aromatic heterocycles. The van der Waals surface area contributed by atoms with Crippen molar-refractivity contribution < 1.29 is 14.0 Å². The van der Waals surface area contributed by atoms with E-state index in [0.29, 0.717) is 16.8 Å². The lowest BCUT2D eigenvalue weighted by atomic mass is 10.1. The molecule has 0 radical (unpaired) electrons. The van der Waals surface area contributed by atoms with Crippen molar-refractivity contribution in [2.75, 3.05) is 12.0 Å². The number of halogens is 1. The molecule has 0 atom stereocenters. The molecule has 4 nitrogen and oxygen atoms in total. The number of fused-ring (bicyclic) bond motifs is 1. The van der Waals surface area contributed by atoms with Crippen LogP contribution in [0.4, 0.5) is 10.1 Å². The van der Waals surface area contributed by atoms with Gasteiger partial charge in [-0.2, -0.15) is 0 Å². The first-order valence-corrected chi connectivity index (χ1v) is 6.11. The number of benzene rings is 2. The van der Waals surface area contributed by atoms with Crippen molar-refractivity contribution in [3.05, 3.63) is 65.5 Å². The van der Waals surface area contributed by atoms with Crippen LogP contribution in [0.5, 0.6) is 0 Å². The Bertz CT molecular complexity index is 648. The number of carbonyl (C=O) groups is 2. The number of anilines is 1. The van der Waals surface area contributed by atoms with E-state index < -0.39 is 0 Å². The van der Waals surface area contributed by atoms with Gasteiger partial charge in [0.1, 0.15) is 5.82 Å². The first-order chi connectivity index (χ1) is 9.66. The summed E-state index contributed by atoms with van der Waals surface area (Å²) in [6.45, 7) is 0.0536. The van der Waals surface area contributed by atoms with Crippen molar-refractivity contribution in [1.82, 2.24) is 4.90 Å². The normalized spacial score (nSPS) is 13.6. The highest BCUT2D eigenvalue weighted by Crippen LogP contribution is 2.22. The molecule has 0 saturated carbocycles. The van der Waals surface area contributed by atoms with Crippen LogP contribution in [-0.2, 0) is 0 Å². The SMILES string of the molecule is O=C1c2ccccc2C(=O)N1CNc1ccc(F)cc1. The summed E-state index contributed by atoms with van der Waals surface area (Å²) in [5, 5.41) is 2.93.